The van der Waals surface area contributed by atoms with Crippen LogP contribution in [0.1, 0.15) is 6.92 Å². The Morgan fingerprint density at radius 1 is 1.11 bits per heavy atom. The van der Waals surface area contributed by atoms with E-state index >= 15 is 0 Å². The molecule has 0 unspecified atom stereocenters. The number of pyridine rings is 1. The summed E-state index contributed by atoms with van der Waals surface area (Å²) in [6, 6.07) is 15.0. The number of phenolic OH excluding ortho intramolecular Hbond substituents is 1. The highest BCUT2D eigenvalue weighted by atomic mass is 16.7. The van der Waals surface area contributed by atoms with Crippen LogP contribution in [0.3, 0.4) is 0 Å². The number of aromatic hydroxyl groups is 1. The van der Waals surface area contributed by atoms with Gasteiger partial charge in [-0.1, -0.05) is 12.1 Å². The number of para-hydroxylation sites is 1. The van der Waals surface area contributed by atoms with Gasteiger partial charge in [0.1, 0.15) is 5.82 Å². The zero-order valence-corrected chi connectivity index (χ0v) is 15.2. The molecule has 2 heterocycles. The number of phenols is 1. The zero-order valence-electron chi connectivity index (χ0n) is 15.2. The molecule has 2 aromatic carbocycles. The molecule has 0 atom stereocenters. The Morgan fingerprint density at radius 2 is 2.00 bits per heavy atom. The number of fused-ring (bicyclic) bond motifs is 1. The minimum atomic E-state index is 0.0933. The normalized spacial score (nSPS) is 12.1. The minimum Gasteiger partial charge on any atom is -0.504 e. The summed E-state index contributed by atoms with van der Waals surface area (Å²) < 4.78 is 16.4. The van der Waals surface area contributed by atoms with Crippen LogP contribution in [0.15, 0.2) is 48.5 Å². The second kappa shape index (κ2) is 7.07. The Labute approximate surface area is 157 Å². The van der Waals surface area contributed by atoms with Gasteiger partial charge in [-0.05, 0) is 48.9 Å². The number of hydrogen-bond acceptors (Lipinski definition) is 6. The lowest BCUT2D eigenvalue weighted by atomic mass is 10.0. The van der Waals surface area contributed by atoms with Crippen molar-refractivity contribution in [2.75, 3.05) is 25.8 Å². The summed E-state index contributed by atoms with van der Waals surface area (Å²) in [5, 5.41) is 13.1. The van der Waals surface area contributed by atoms with E-state index in [9.17, 15) is 5.11 Å². The van der Waals surface area contributed by atoms with Gasteiger partial charge in [0, 0.05) is 17.7 Å². The van der Waals surface area contributed by atoms with E-state index in [1.807, 2.05) is 43.3 Å². The maximum Gasteiger partial charge on any atom is 0.231 e. The van der Waals surface area contributed by atoms with E-state index < -0.39 is 0 Å². The fraction of sp³-hybridized carbons (Fsp3) is 0.190. The first-order valence-electron chi connectivity index (χ1n) is 8.72. The Balaban J connectivity index is 1.86. The van der Waals surface area contributed by atoms with Crippen molar-refractivity contribution < 1.29 is 19.3 Å². The first-order valence-corrected chi connectivity index (χ1v) is 8.72. The maximum absolute atomic E-state index is 9.87. The van der Waals surface area contributed by atoms with Gasteiger partial charge < -0.3 is 24.6 Å². The fourth-order valence-corrected chi connectivity index (χ4v) is 3.10. The number of ether oxygens (including phenoxy) is 3. The summed E-state index contributed by atoms with van der Waals surface area (Å²) in [7, 11) is 1.53. The van der Waals surface area contributed by atoms with Crippen molar-refractivity contribution in [1.29, 1.82) is 0 Å². The monoisotopic (exact) mass is 364 g/mol. The van der Waals surface area contributed by atoms with Crippen molar-refractivity contribution >= 4 is 5.82 Å². The number of aromatic nitrogens is 1. The highest BCUT2D eigenvalue weighted by Gasteiger charge is 2.19. The van der Waals surface area contributed by atoms with E-state index in [1.54, 1.807) is 12.1 Å². The molecule has 0 saturated heterocycles. The van der Waals surface area contributed by atoms with Crippen LogP contribution in [0.4, 0.5) is 5.82 Å². The number of anilines is 1. The van der Waals surface area contributed by atoms with E-state index in [4.69, 9.17) is 19.2 Å². The number of nitrogens with zero attached hydrogens (tertiary/aromatic N) is 1. The van der Waals surface area contributed by atoms with Crippen molar-refractivity contribution in [3.8, 4) is 45.4 Å². The highest BCUT2D eigenvalue weighted by Crippen LogP contribution is 2.42. The van der Waals surface area contributed by atoms with Crippen molar-refractivity contribution in [3.63, 3.8) is 0 Å². The van der Waals surface area contributed by atoms with Crippen LogP contribution < -0.4 is 19.5 Å². The quantitative estimate of drug-likeness (QED) is 0.704. The first kappa shape index (κ1) is 17.0. The van der Waals surface area contributed by atoms with E-state index in [-0.39, 0.29) is 12.5 Å². The summed E-state index contributed by atoms with van der Waals surface area (Å²) in [4.78, 5) is 4.70. The number of methoxy groups -OCH3 is 1. The lowest BCUT2D eigenvalue weighted by Gasteiger charge is -2.13. The number of nitrogens with one attached hydrogen (secondary N) is 1. The average Bonchev–Trinajstić information content (AvgIpc) is 3.17. The second-order valence-corrected chi connectivity index (χ2v) is 6.08. The van der Waals surface area contributed by atoms with Gasteiger partial charge in [-0.3, -0.25) is 0 Å². The first-order chi connectivity index (χ1) is 13.2. The smallest absolute Gasteiger partial charge is 0.231 e. The van der Waals surface area contributed by atoms with Gasteiger partial charge in [0.05, 0.1) is 12.8 Å². The molecular weight excluding hydrogens is 344 g/mol. The van der Waals surface area contributed by atoms with Gasteiger partial charge in [-0.25, -0.2) is 4.98 Å². The van der Waals surface area contributed by atoms with Crippen molar-refractivity contribution in [1.82, 2.24) is 4.98 Å². The maximum atomic E-state index is 9.87. The topological polar surface area (TPSA) is 72.8 Å². The van der Waals surface area contributed by atoms with Gasteiger partial charge in [-0.2, -0.15) is 0 Å². The van der Waals surface area contributed by atoms with Crippen LogP contribution in [0.5, 0.6) is 23.0 Å². The molecule has 6 heteroatoms. The third kappa shape index (κ3) is 3.21. The molecule has 2 N–H and O–H groups in total. The molecule has 0 saturated carbocycles. The molecule has 0 aliphatic carbocycles. The van der Waals surface area contributed by atoms with Gasteiger partial charge >= 0.3 is 0 Å². The molecule has 0 fully saturated rings. The Bertz CT molecular complexity index is 988. The highest BCUT2D eigenvalue weighted by molar-refractivity contribution is 5.80. The molecule has 0 bridgehead atoms. The Hall–Kier alpha value is -3.41. The SMILES string of the molecule is CCNc1cc(-c2cccc3c2OCO3)cc(-c2ccc(O)c(OC)c2)n1. The van der Waals surface area contributed by atoms with E-state index in [0.717, 1.165) is 46.2 Å². The molecule has 1 aliphatic heterocycles. The Kier molecular flexibility index (Phi) is 4.46. The van der Waals surface area contributed by atoms with Gasteiger partial charge in [-0.15, -0.1) is 0 Å². The lowest BCUT2D eigenvalue weighted by molar-refractivity contribution is 0.174. The van der Waals surface area contributed by atoms with Crippen LogP contribution in [0, 0.1) is 0 Å². The van der Waals surface area contributed by atoms with Crippen LogP contribution in [0.2, 0.25) is 0 Å². The third-order valence-electron chi connectivity index (χ3n) is 4.37. The summed E-state index contributed by atoms with van der Waals surface area (Å²) >= 11 is 0. The second-order valence-electron chi connectivity index (χ2n) is 6.08. The minimum absolute atomic E-state index is 0.0933. The van der Waals surface area contributed by atoms with E-state index in [2.05, 4.69) is 5.32 Å². The molecule has 0 spiro atoms. The molecule has 3 aromatic rings. The fourth-order valence-electron chi connectivity index (χ4n) is 3.10. The van der Waals surface area contributed by atoms with Crippen LogP contribution >= 0.6 is 0 Å². The van der Waals surface area contributed by atoms with Crippen molar-refractivity contribution in [3.05, 3.63) is 48.5 Å². The zero-order chi connectivity index (χ0) is 18.8. The van der Waals surface area contributed by atoms with Gasteiger partial charge in [0.2, 0.25) is 6.79 Å². The van der Waals surface area contributed by atoms with Gasteiger partial charge in [0.25, 0.3) is 0 Å². The summed E-state index contributed by atoms with van der Waals surface area (Å²) in [5.41, 5.74) is 3.51. The summed E-state index contributed by atoms with van der Waals surface area (Å²) in [5.74, 6) is 2.73. The molecule has 0 amide bonds. The molecule has 1 aliphatic rings. The number of benzene rings is 2. The van der Waals surface area contributed by atoms with Gasteiger partial charge in [0.15, 0.2) is 23.0 Å². The largest absolute Gasteiger partial charge is 0.504 e. The van der Waals surface area contributed by atoms with E-state index in [1.165, 1.54) is 7.11 Å². The molecule has 4 rings (SSSR count). The number of rotatable bonds is 5. The number of hydrogen-bond donors (Lipinski definition) is 2. The predicted octanol–water partition coefficient (Wildman–Crippen LogP) is 4.29. The van der Waals surface area contributed by atoms with Crippen LogP contribution in [0.25, 0.3) is 22.4 Å². The van der Waals surface area contributed by atoms with Crippen molar-refractivity contribution in [2.24, 2.45) is 0 Å². The van der Waals surface area contributed by atoms with Crippen LogP contribution in [-0.2, 0) is 0 Å². The average molecular weight is 364 g/mol. The predicted molar refractivity (Wildman–Crippen MR) is 104 cm³/mol. The molecular formula is C21H20N2O4. The lowest BCUT2D eigenvalue weighted by Crippen LogP contribution is -2.01. The van der Waals surface area contributed by atoms with E-state index in [0.29, 0.717) is 5.75 Å². The summed E-state index contributed by atoms with van der Waals surface area (Å²) in [6.07, 6.45) is 0. The van der Waals surface area contributed by atoms with Crippen molar-refractivity contribution in [2.45, 2.75) is 6.92 Å². The Morgan fingerprint density at radius 3 is 2.81 bits per heavy atom. The molecule has 0 radical (unpaired) electrons. The molecule has 6 nitrogen and oxygen atoms in total. The standard InChI is InChI=1S/C21H20N2O4/c1-3-22-20-11-14(15-5-4-6-18-21(15)27-12-26-18)9-16(23-20)13-7-8-17(24)19(10-13)25-2/h4-11,24H,3,12H2,1-2H3,(H,22,23). The molecule has 138 valence electrons. The third-order valence-corrected chi connectivity index (χ3v) is 4.37. The molecule has 1 aromatic heterocycles. The molecule has 27 heavy (non-hydrogen) atoms. The summed E-state index contributed by atoms with van der Waals surface area (Å²) in [6.45, 7) is 3.00. The van der Waals surface area contributed by atoms with Crippen LogP contribution in [-0.4, -0.2) is 30.5 Å².